The van der Waals surface area contributed by atoms with E-state index in [0.29, 0.717) is 23.0 Å². The van der Waals surface area contributed by atoms with Gasteiger partial charge in [-0.25, -0.2) is 15.0 Å². The van der Waals surface area contributed by atoms with Crippen molar-refractivity contribution in [3.05, 3.63) is 132 Å². The number of nitrogens with zero attached hydrogens (tertiary/aromatic N) is 5. The lowest BCUT2D eigenvalue weighted by Gasteiger charge is -2.35. The molecule has 0 spiro atoms. The van der Waals surface area contributed by atoms with Crippen LogP contribution in [0, 0.1) is 23.2 Å². The number of rotatable bonds is 6. The van der Waals surface area contributed by atoms with E-state index in [2.05, 4.69) is 110 Å². The molecule has 1 aliphatic rings. The summed E-state index contributed by atoms with van der Waals surface area (Å²) in [7, 11) is 0. The third-order valence-corrected chi connectivity index (χ3v) is 10.9. The smallest absolute Gasteiger partial charge is 0.166 e. The molecular weight excluding hydrogens is 611 g/mol. The van der Waals surface area contributed by atoms with Crippen molar-refractivity contribution < 1.29 is 0 Å². The highest BCUT2D eigenvalue weighted by molar-refractivity contribution is 6.13. The molecule has 7 aromatic rings. The molecule has 8 rings (SSSR count). The fourth-order valence-corrected chi connectivity index (χ4v) is 8.40. The van der Waals surface area contributed by atoms with Crippen LogP contribution in [-0.2, 0) is 5.41 Å². The van der Waals surface area contributed by atoms with Crippen LogP contribution >= 0.6 is 0 Å². The summed E-state index contributed by atoms with van der Waals surface area (Å²) < 4.78 is 2.26. The highest BCUT2D eigenvalue weighted by atomic mass is 15.0. The molecule has 50 heavy (non-hydrogen) atoms. The molecule has 2 aromatic heterocycles. The van der Waals surface area contributed by atoms with Crippen LogP contribution in [0.2, 0.25) is 0 Å². The number of hydrogen-bond donors (Lipinski definition) is 0. The predicted octanol–water partition coefficient (Wildman–Crippen LogP) is 11.3. The van der Waals surface area contributed by atoms with Crippen molar-refractivity contribution in [1.82, 2.24) is 19.5 Å². The average Bonchev–Trinajstić information content (AvgIpc) is 3.42. The molecular formula is C45H41N5. The molecule has 1 fully saturated rings. The van der Waals surface area contributed by atoms with Crippen LogP contribution in [0.3, 0.4) is 0 Å². The summed E-state index contributed by atoms with van der Waals surface area (Å²) in [6, 6.07) is 44.1. The standard InChI is InChI=1S/C45H41N5/c1-4-45(27-30(2)18-19-31(3)28-45)35-23-21-34(22-24-35)43-47-42(33-12-7-5-8-13-33)48-44(49-43)38-17-11-16-37-39-26-32(29-46)20-25-40(39)50(41(37)38)36-14-9-6-10-15-36/h5-17,20-26,30-31H,4,18-19,27-28H2,1-3H3/t30-,31+,45?. The van der Waals surface area contributed by atoms with E-state index in [4.69, 9.17) is 15.0 Å². The second kappa shape index (κ2) is 13.0. The van der Waals surface area contributed by atoms with E-state index in [0.717, 1.165) is 62.4 Å². The Balaban J connectivity index is 1.33. The van der Waals surface area contributed by atoms with Crippen molar-refractivity contribution in [3.63, 3.8) is 0 Å². The molecule has 0 N–H and O–H groups in total. The summed E-state index contributed by atoms with van der Waals surface area (Å²) in [6.45, 7) is 7.21. The Morgan fingerprint density at radius 3 is 1.94 bits per heavy atom. The van der Waals surface area contributed by atoms with Gasteiger partial charge in [-0.3, -0.25) is 0 Å². The monoisotopic (exact) mass is 651 g/mol. The Morgan fingerprint density at radius 1 is 0.680 bits per heavy atom. The van der Waals surface area contributed by atoms with Crippen molar-refractivity contribution in [1.29, 1.82) is 5.26 Å². The highest BCUT2D eigenvalue weighted by Crippen LogP contribution is 2.45. The molecule has 3 atom stereocenters. The van der Waals surface area contributed by atoms with Crippen LogP contribution in [0.1, 0.15) is 64.0 Å². The van der Waals surface area contributed by atoms with Gasteiger partial charge >= 0.3 is 0 Å². The summed E-state index contributed by atoms with van der Waals surface area (Å²) in [6.07, 6.45) is 6.23. The van der Waals surface area contributed by atoms with Crippen molar-refractivity contribution in [2.75, 3.05) is 0 Å². The summed E-state index contributed by atoms with van der Waals surface area (Å²) in [5, 5.41) is 11.8. The molecule has 5 aromatic carbocycles. The lowest BCUT2D eigenvalue weighted by atomic mass is 9.69. The van der Waals surface area contributed by atoms with E-state index in [-0.39, 0.29) is 5.41 Å². The molecule has 1 unspecified atom stereocenters. The van der Waals surface area contributed by atoms with E-state index >= 15 is 0 Å². The molecule has 5 heteroatoms. The lowest BCUT2D eigenvalue weighted by molar-refractivity contribution is 0.295. The van der Waals surface area contributed by atoms with Gasteiger partial charge in [0.25, 0.3) is 0 Å². The Morgan fingerprint density at radius 2 is 1.30 bits per heavy atom. The zero-order chi connectivity index (χ0) is 34.2. The van der Waals surface area contributed by atoms with E-state index in [1.165, 1.54) is 31.2 Å². The van der Waals surface area contributed by atoms with Crippen LogP contribution < -0.4 is 0 Å². The molecule has 5 nitrogen and oxygen atoms in total. The first-order chi connectivity index (χ1) is 24.5. The number of benzene rings is 5. The van der Waals surface area contributed by atoms with Gasteiger partial charge in [0.2, 0.25) is 0 Å². The van der Waals surface area contributed by atoms with E-state index in [9.17, 15) is 5.26 Å². The topological polar surface area (TPSA) is 67.4 Å². The first kappa shape index (κ1) is 31.7. The van der Waals surface area contributed by atoms with Gasteiger partial charge in [0.15, 0.2) is 17.5 Å². The molecule has 0 amide bonds. The number of aromatic nitrogens is 4. The molecule has 0 bridgehead atoms. The Labute approximate surface area is 294 Å². The maximum Gasteiger partial charge on any atom is 0.166 e. The molecule has 1 saturated carbocycles. The lowest BCUT2D eigenvalue weighted by Crippen LogP contribution is -2.28. The third kappa shape index (κ3) is 5.65. The third-order valence-electron chi connectivity index (χ3n) is 10.9. The Bertz CT molecular complexity index is 2340. The fraction of sp³-hybridized carbons (Fsp3) is 0.244. The van der Waals surface area contributed by atoms with Gasteiger partial charge in [-0.2, -0.15) is 5.26 Å². The SMILES string of the molecule is CCC1(c2ccc(-c3nc(-c4ccccc4)nc(-c4cccc5c6cc(C#N)ccc6n(-c6ccccc6)c45)n3)cc2)C[C@H](C)CC[C@H](C)C1. The van der Waals surface area contributed by atoms with Crippen molar-refractivity contribution >= 4 is 21.8 Å². The highest BCUT2D eigenvalue weighted by Gasteiger charge is 2.36. The van der Waals surface area contributed by atoms with Crippen LogP contribution in [-0.4, -0.2) is 19.5 Å². The number of hydrogen-bond acceptors (Lipinski definition) is 4. The maximum absolute atomic E-state index is 9.77. The first-order valence-corrected chi connectivity index (χ1v) is 17.9. The number of fused-ring (bicyclic) bond motifs is 3. The van der Waals surface area contributed by atoms with Crippen LogP contribution in [0.15, 0.2) is 121 Å². The normalized spacial score (nSPS) is 19.3. The second-order valence-corrected chi connectivity index (χ2v) is 14.3. The molecule has 1 aliphatic carbocycles. The fourth-order valence-electron chi connectivity index (χ4n) is 8.40. The quantitative estimate of drug-likeness (QED) is 0.168. The minimum Gasteiger partial charge on any atom is -0.308 e. The summed E-state index contributed by atoms with van der Waals surface area (Å²) >= 11 is 0. The summed E-state index contributed by atoms with van der Waals surface area (Å²) in [5.41, 5.74) is 8.13. The van der Waals surface area contributed by atoms with Gasteiger partial charge in [-0.15, -0.1) is 0 Å². The molecule has 246 valence electrons. The average molecular weight is 652 g/mol. The predicted molar refractivity (Wildman–Crippen MR) is 204 cm³/mol. The van der Waals surface area contributed by atoms with Crippen molar-refractivity contribution in [2.45, 2.75) is 58.3 Å². The van der Waals surface area contributed by atoms with E-state index < -0.39 is 0 Å². The van der Waals surface area contributed by atoms with Crippen LogP contribution in [0.4, 0.5) is 0 Å². The molecule has 0 saturated heterocycles. The number of nitriles is 1. The first-order valence-electron chi connectivity index (χ1n) is 17.9. The van der Waals surface area contributed by atoms with Crippen molar-refractivity contribution in [2.24, 2.45) is 11.8 Å². The van der Waals surface area contributed by atoms with E-state index in [1.54, 1.807) is 0 Å². The van der Waals surface area contributed by atoms with Gasteiger partial charge in [0.05, 0.1) is 22.7 Å². The zero-order valence-electron chi connectivity index (χ0n) is 29.0. The largest absolute Gasteiger partial charge is 0.308 e. The molecule has 2 heterocycles. The number of para-hydroxylation sites is 2. The zero-order valence-corrected chi connectivity index (χ0v) is 29.0. The van der Waals surface area contributed by atoms with Gasteiger partial charge in [-0.05, 0) is 78.5 Å². The minimum atomic E-state index is 0.194. The molecule has 0 aliphatic heterocycles. The van der Waals surface area contributed by atoms with E-state index in [1.807, 2.05) is 42.5 Å². The summed E-state index contributed by atoms with van der Waals surface area (Å²) in [5.74, 6) is 3.34. The molecule has 0 radical (unpaired) electrons. The van der Waals surface area contributed by atoms with Crippen molar-refractivity contribution in [3.8, 4) is 45.9 Å². The second-order valence-electron chi connectivity index (χ2n) is 14.3. The van der Waals surface area contributed by atoms with Crippen LogP contribution in [0.5, 0.6) is 0 Å². The maximum atomic E-state index is 9.77. The van der Waals surface area contributed by atoms with Gasteiger partial charge in [0, 0.05) is 33.2 Å². The summed E-state index contributed by atoms with van der Waals surface area (Å²) in [4.78, 5) is 15.4. The Kier molecular flexibility index (Phi) is 8.25. The minimum absolute atomic E-state index is 0.194. The van der Waals surface area contributed by atoms with Crippen LogP contribution in [0.25, 0.3) is 61.7 Å². The van der Waals surface area contributed by atoms with Gasteiger partial charge in [0.1, 0.15) is 0 Å². The van der Waals surface area contributed by atoms with Gasteiger partial charge < -0.3 is 4.57 Å². The Hall–Kier alpha value is -5.60. The van der Waals surface area contributed by atoms with Gasteiger partial charge in [-0.1, -0.05) is 119 Å².